The number of hydrogen-bond donors (Lipinski definition) is 4. The van der Waals surface area contributed by atoms with Gasteiger partial charge in [-0.2, -0.15) is 0 Å². The van der Waals surface area contributed by atoms with E-state index in [1.807, 2.05) is 4.90 Å². The summed E-state index contributed by atoms with van der Waals surface area (Å²) in [5.41, 5.74) is 6.38. The van der Waals surface area contributed by atoms with Gasteiger partial charge < -0.3 is 21.5 Å². The lowest BCUT2D eigenvalue weighted by molar-refractivity contribution is 0.109. The largest absolute Gasteiger partial charge is 0.403 e. The summed E-state index contributed by atoms with van der Waals surface area (Å²) in [6, 6.07) is 3.69. The summed E-state index contributed by atoms with van der Waals surface area (Å²) in [5, 5.41) is 16.2. The van der Waals surface area contributed by atoms with E-state index >= 15 is 0 Å². The van der Waals surface area contributed by atoms with Crippen LogP contribution >= 0.6 is 0 Å². The molecule has 0 unspecified atom stereocenters. The number of amidine groups is 1. The fraction of sp³-hybridized carbons (Fsp3) is 0.455. The highest BCUT2D eigenvalue weighted by Crippen LogP contribution is 2.30. The van der Waals surface area contributed by atoms with Crippen LogP contribution in [0, 0.1) is 11.6 Å². The van der Waals surface area contributed by atoms with Crippen molar-refractivity contribution >= 4 is 17.5 Å². The SMILES string of the molecule is C=C(/N=C1\C(=C/N)N=C(Nc2ccc(F)cc2F)N1[C@H]1CC[C@@H](O)CC1)NC1CCC1. The predicted molar refractivity (Wildman–Crippen MR) is 117 cm³/mol. The molecule has 5 N–H and O–H groups in total. The van der Waals surface area contributed by atoms with E-state index in [-0.39, 0.29) is 17.8 Å². The Kier molecular flexibility index (Phi) is 6.22. The smallest absolute Gasteiger partial charge is 0.210 e. The van der Waals surface area contributed by atoms with Gasteiger partial charge in [-0.1, -0.05) is 6.58 Å². The zero-order valence-electron chi connectivity index (χ0n) is 17.3. The first kappa shape index (κ1) is 21.3. The molecule has 31 heavy (non-hydrogen) atoms. The summed E-state index contributed by atoms with van der Waals surface area (Å²) in [6.07, 6.45) is 7.11. The van der Waals surface area contributed by atoms with Crippen LogP contribution in [0.1, 0.15) is 44.9 Å². The molecule has 0 aromatic heterocycles. The summed E-state index contributed by atoms with van der Waals surface area (Å²) < 4.78 is 27.6. The molecule has 0 amide bonds. The normalized spacial score (nSPS) is 26.7. The van der Waals surface area contributed by atoms with Crippen LogP contribution in [0.2, 0.25) is 0 Å². The van der Waals surface area contributed by atoms with Crippen molar-refractivity contribution < 1.29 is 13.9 Å². The molecule has 0 atom stereocenters. The van der Waals surface area contributed by atoms with Gasteiger partial charge in [0.25, 0.3) is 0 Å². The van der Waals surface area contributed by atoms with Crippen molar-refractivity contribution in [2.45, 2.75) is 63.1 Å². The monoisotopic (exact) mass is 430 g/mol. The summed E-state index contributed by atoms with van der Waals surface area (Å²) in [7, 11) is 0. The lowest BCUT2D eigenvalue weighted by Crippen LogP contribution is -2.47. The first-order valence-corrected chi connectivity index (χ1v) is 10.7. The molecule has 0 spiro atoms. The van der Waals surface area contributed by atoms with Crippen molar-refractivity contribution in [3.8, 4) is 0 Å². The molecule has 2 fully saturated rings. The van der Waals surface area contributed by atoms with Crippen LogP contribution in [-0.4, -0.2) is 40.0 Å². The van der Waals surface area contributed by atoms with E-state index in [1.165, 1.54) is 24.8 Å². The molecule has 2 aliphatic carbocycles. The van der Waals surface area contributed by atoms with Crippen molar-refractivity contribution in [2.24, 2.45) is 15.7 Å². The van der Waals surface area contributed by atoms with E-state index in [0.29, 0.717) is 55.0 Å². The third-order valence-corrected chi connectivity index (χ3v) is 6.00. The van der Waals surface area contributed by atoms with E-state index in [9.17, 15) is 13.9 Å². The molecule has 9 heteroatoms. The Bertz CT molecular complexity index is 932. The van der Waals surface area contributed by atoms with Gasteiger partial charge in [-0.3, -0.25) is 4.90 Å². The highest BCUT2D eigenvalue weighted by molar-refractivity contribution is 6.18. The lowest BCUT2D eigenvalue weighted by Gasteiger charge is -2.35. The van der Waals surface area contributed by atoms with Crippen LogP contribution in [0.3, 0.4) is 0 Å². The van der Waals surface area contributed by atoms with Crippen molar-refractivity contribution in [3.05, 3.63) is 54.1 Å². The summed E-state index contributed by atoms with van der Waals surface area (Å²) >= 11 is 0. The minimum atomic E-state index is -0.721. The molecule has 4 rings (SSSR count). The molecular weight excluding hydrogens is 402 g/mol. The molecule has 1 aromatic rings. The summed E-state index contributed by atoms with van der Waals surface area (Å²) in [6.45, 7) is 4.03. The quantitative estimate of drug-likeness (QED) is 0.575. The minimum Gasteiger partial charge on any atom is -0.403 e. The van der Waals surface area contributed by atoms with E-state index in [4.69, 9.17) is 5.73 Å². The average molecular weight is 431 g/mol. The van der Waals surface area contributed by atoms with E-state index in [1.54, 1.807) is 0 Å². The van der Waals surface area contributed by atoms with Gasteiger partial charge in [-0.05, 0) is 57.1 Å². The maximum Gasteiger partial charge on any atom is 0.210 e. The van der Waals surface area contributed by atoms with E-state index < -0.39 is 11.6 Å². The van der Waals surface area contributed by atoms with Gasteiger partial charge in [0, 0.05) is 24.4 Å². The third kappa shape index (κ3) is 4.71. The number of benzene rings is 1. The average Bonchev–Trinajstić information content (AvgIpc) is 3.04. The zero-order valence-corrected chi connectivity index (χ0v) is 17.3. The Labute approximate surface area is 180 Å². The fourth-order valence-electron chi connectivity index (χ4n) is 4.07. The van der Waals surface area contributed by atoms with Gasteiger partial charge in [0.15, 0.2) is 5.84 Å². The Balaban J connectivity index is 1.64. The Morgan fingerprint density at radius 2 is 1.97 bits per heavy atom. The Hall–Kier alpha value is -2.94. The molecule has 0 saturated heterocycles. The molecule has 1 aromatic carbocycles. The van der Waals surface area contributed by atoms with Crippen molar-refractivity contribution in [1.29, 1.82) is 0 Å². The second-order valence-corrected chi connectivity index (χ2v) is 8.22. The number of anilines is 1. The standard InChI is InChI=1S/C22H28F2N6O/c1-13(26-15-3-2-4-15)27-21-20(12-25)29-22(28-19-10-5-14(23)11-18(19)24)30(21)16-6-8-17(31)9-7-16/h5,10-12,15-17,26,31H,1-4,6-9,25H2,(H,28,29)/b20-12+,27-21+/t16-,17+. The predicted octanol–water partition coefficient (Wildman–Crippen LogP) is 3.16. The maximum atomic E-state index is 14.3. The number of hydrogen-bond acceptors (Lipinski definition) is 6. The fourth-order valence-corrected chi connectivity index (χ4v) is 4.07. The second-order valence-electron chi connectivity index (χ2n) is 8.22. The van der Waals surface area contributed by atoms with Crippen LogP contribution in [0.5, 0.6) is 0 Å². The van der Waals surface area contributed by atoms with Gasteiger partial charge >= 0.3 is 0 Å². The number of rotatable bonds is 5. The number of nitrogens with zero attached hydrogens (tertiary/aromatic N) is 3. The summed E-state index contributed by atoms with van der Waals surface area (Å²) in [4.78, 5) is 11.1. The van der Waals surface area contributed by atoms with Crippen molar-refractivity contribution in [3.63, 3.8) is 0 Å². The Morgan fingerprint density at radius 1 is 1.23 bits per heavy atom. The lowest BCUT2D eigenvalue weighted by atomic mass is 9.92. The number of nitrogens with one attached hydrogen (secondary N) is 2. The van der Waals surface area contributed by atoms with Gasteiger partial charge in [0.05, 0.1) is 11.8 Å². The van der Waals surface area contributed by atoms with Crippen molar-refractivity contribution in [1.82, 2.24) is 10.2 Å². The first-order valence-electron chi connectivity index (χ1n) is 10.7. The van der Waals surface area contributed by atoms with Crippen LogP contribution in [0.25, 0.3) is 0 Å². The molecule has 1 aliphatic heterocycles. The zero-order chi connectivity index (χ0) is 22.0. The number of aliphatic hydroxyl groups is 1. The van der Waals surface area contributed by atoms with E-state index in [2.05, 4.69) is 27.2 Å². The third-order valence-electron chi connectivity index (χ3n) is 6.00. The van der Waals surface area contributed by atoms with Crippen LogP contribution < -0.4 is 16.4 Å². The van der Waals surface area contributed by atoms with Gasteiger partial charge in [-0.25, -0.2) is 18.8 Å². The molecule has 0 radical (unpaired) electrons. The molecule has 0 bridgehead atoms. The highest BCUT2D eigenvalue weighted by atomic mass is 19.1. The highest BCUT2D eigenvalue weighted by Gasteiger charge is 2.36. The van der Waals surface area contributed by atoms with Crippen LogP contribution in [0.4, 0.5) is 14.5 Å². The number of aliphatic imine (C=N–C) groups is 2. The number of guanidine groups is 1. The van der Waals surface area contributed by atoms with Gasteiger partial charge in [-0.15, -0.1) is 0 Å². The number of nitrogens with two attached hydrogens (primary N) is 1. The molecule has 1 heterocycles. The molecule has 2 saturated carbocycles. The molecule has 3 aliphatic rings. The maximum absolute atomic E-state index is 14.3. The number of halogens is 2. The van der Waals surface area contributed by atoms with Gasteiger partial charge in [0.1, 0.15) is 23.2 Å². The van der Waals surface area contributed by atoms with Crippen LogP contribution in [0.15, 0.2) is 52.5 Å². The summed E-state index contributed by atoms with van der Waals surface area (Å²) in [5.74, 6) is 0.0213. The van der Waals surface area contributed by atoms with Crippen molar-refractivity contribution in [2.75, 3.05) is 5.32 Å². The molecular formula is C22H28F2N6O. The van der Waals surface area contributed by atoms with Gasteiger partial charge in [0.2, 0.25) is 5.96 Å². The first-order chi connectivity index (χ1) is 14.9. The van der Waals surface area contributed by atoms with Crippen LogP contribution in [-0.2, 0) is 0 Å². The molecule has 7 nitrogen and oxygen atoms in total. The molecule has 166 valence electrons. The topological polar surface area (TPSA) is 98.3 Å². The van der Waals surface area contributed by atoms with E-state index in [0.717, 1.165) is 18.9 Å². The second kappa shape index (κ2) is 9.05. The number of aliphatic hydroxyl groups excluding tert-OH is 1. The minimum absolute atomic E-state index is 0.00846. The Morgan fingerprint density at radius 3 is 2.58 bits per heavy atom.